The smallest absolute Gasteiger partial charge is 0.133 e. The molecule has 4 heteroatoms. The summed E-state index contributed by atoms with van der Waals surface area (Å²) in [6.45, 7) is 2.52. The number of hydrogen-bond donors (Lipinski definition) is 1. The van der Waals surface area contributed by atoms with Crippen LogP contribution in [0.15, 0.2) is 46.9 Å². The monoisotopic (exact) mass is 346 g/mol. The summed E-state index contributed by atoms with van der Waals surface area (Å²) in [5.41, 5.74) is 10.1. The van der Waals surface area contributed by atoms with Gasteiger partial charge in [0.1, 0.15) is 5.75 Å². The summed E-state index contributed by atoms with van der Waals surface area (Å²) in [4.78, 5) is 2.43. The highest BCUT2D eigenvalue weighted by Crippen LogP contribution is 2.34. The summed E-state index contributed by atoms with van der Waals surface area (Å²) < 4.78 is 6.27. The van der Waals surface area contributed by atoms with Crippen molar-refractivity contribution in [1.29, 1.82) is 0 Å². The van der Waals surface area contributed by atoms with Crippen molar-refractivity contribution in [2.24, 2.45) is 5.73 Å². The lowest BCUT2D eigenvalue weighted by Crippen LogP contribution is -2.29. The van der Waals surface area contributed by atoms with Crippen molar-refractivity contribution < 1.29 is 4.74 Å². The molecule has 3 nitrogen and oxygen atoms in total. The first-order valence-electron chi connectivity index (χ1n) is 7.07. The SMILES string of the molecule is COc1ccc(C(CN)N2Cc3ccccc3C2)cc1Br. The lowest BCUT2D eigenvalue weighted by Gasteiger charge is -2.27. The van der Waals surface area contributed by atoms with Crippen LogP contribution in [0.1, 0.15) is 22.7 Å². The summed E-state index contributed by atoms with van der Waals surface area (Å²) in [5.74, 6) is 0.847. The molecule has 0 bridgehead atoms. The first kappa shape index (κ1) is 14.6. The summed E-state index contributed by atoms with van der Waals surface area (Å²) >= 11 is 3.56. The number of hydrogen-bond acceptors (Lipinski definition) is 3. The van der Waals surface area contributed by atoms with Crippen LogP contribution in [0, 0.1) is 0 Å². The average molecular weight is 347 g/mol. The van der Waals surface area contributed by atoms with Crippen LogP contribution in [-0.2, 0) is 13.1 Å². The van der Waals surface area contributed by atoms with Crippen molar-refractivity contribution in [3.8, 4) is 5.75 Å². The van der Waals surface area contributed by atoms with E-state index >= 15 is 0 Å². The van der Waals surface area contributed by atoms with Gasteiger partial charge in [-0.05, 0) is 44.8 Å². The number of nitrogens with two attached hydrogens (primary N) is 1. The van der Waals surface area contributed by atoms with E-state index in [2.05, 4.69) is 57.2 Å². The van der Waals surface area contributed by atoms with Crippen molar-refractivity contribution in [3.05, 3.63) is 63.6 Å². The number of halogens is 1. The molecule has 0 saturated carbocycles. The standard InChI is InChI=1S/C17H19BrN2O/c1-21-17-7-6-12(8-15(17)18)16(9-19)20-10-13-4-2-3-5-14(13)11-20/h2-8,16H,9-11,19H2,1H3. The van der Waals surface area contributed by atoms with Crippen molar-refractivity contribution in [2.45, 2.75) is 19.1 Å². The third-order valence-electron chi connectivity index (χ3n) is 4.09. The third-order valence-corrected chi connectivity index (χ3v) is 4.71. The molecule has 0 fully saturated rings. The van der Waals surface area contributed by atoms with Gasteiger partial charge in [0.2, 0.25) is 0 Å². The van der Waals surface area contributed by atoms with Crippen molar-refractivity contribution in [1.82, 2.24) is 4.90 Å². The number of rotatable bonds is 4. The fraction of sp³-hybridized carbons (Fsp3) is 0.294. The van der Waals surface area contributed by atoms with Gasteiger partial charge in [-0.1, -0.05) is 30.3 Å². The molecule has 1 aliphatic heterocycles. The number of methoxy groups -OCH3 is 1. The number of ether oxygens (including phenoxy) is 1. The highest BCUT2D eigenvalue weighted by Gasteiger charge is 2.26. The zero-order valence-corrected chi connectivity index (χ0v) is 13.6. The van der Waals surface area contributed by atoms with E-state index in [1.165, 1.54) is 16.7 Å². The van der Waals surface area contributed by atoms with Gasteiger partial charge in [-0.25, -0.2) is 0 Å². The molecule has 1 heterocycles. The van der Waals surface area contributed by atoms with Crippen LogP contribution in [0.3, 0.4) is 0 Å². The third kappa shape index (κ3) is 2.84. The van der Waals surface area contributed by atoms with Gasteiger partial charge >= 0.3 is 0 Å². The Morgan fingerprint density at radius 1 is 1.19 bits per heavy atom. The predicted molar refractivity (Wildman–Crippen MR) is 88.2 cm³/mol. The Hall–Kier alpha value is -1.36. The van der Waals surface area contributed by atoms with Gasteiger partial charge < -0.3 is 10.5 Å². The predicted octanol–water partition coefficient (Wildman–Crippen LogP) is 3.47. The second-order valence-corrected chi connectivity index (χ2v) is 6.17. The van der Waals surface area contributed by atoms with E-state index < -0.39 is 0 Å². The van der Waals surface area contributed by atoms with Gasteiger partial charge in [-0.2, -0.15) is 0 Å². The highest BCUT2D eigenvalue weighted by molar-refractivity contribution is 9.10. The van der Waals surface area contributed by atoms with Crippen LogP contribution in [-0.4, -0.2) is 18.6 Å². The van der Waals surface area contributed by atoms with Gasteiger partial charge in [0, 0.05) is 25.7 Å². The Labute approximate surface area is 133 Å². The minimum atomic E-state index is 0.222. The molecule has 2 N–H and O–H groups in total. The molecular formula is C17H19BrN2O. The van der Waals surface area contributed by atoms with Crippen molar-refractivity contribution >= 4 is 15.9 Å². The average Bonchev–Trinajstić information content (AvgIpc) is 2.91. The summed E-state index contributed by atoms with van der Waals surface area (Å²) in [6.07, 6.45) is 0. The first-order valence-corrected chi connectivity index (χ1v) is 7.86. The molecule has 1 atom stereocenters. The molecule has 0 aliphatic carbocycles. The van der Waals surface area contributed by atoms with Gasteiger partial charge in [-0.3, -0.25) is 4.90 Å². The molecule has 0 amide bonds. The van der Waals surface area contributed by atoms with E-state index in [1.54, 1.807) is 7.11 Å². The van der Waals surface area contributed by atoms with Gasteiger partial charge in [-0.15, -0.1) is 0 Å². The molecule has 21 heavy (non-hydrogen) atoms. The Morgan fingerprint density at radius 3 is 2.38 bits per heavy atom. The Bertz CT molecular complexity index is 619. The lowest BCUT2D eigenvalue weighted by atomic mass is 10.1. The van der Waals surface area contributed by atoms with E-state index in [9.17, 15) is 0 Å². The van der Waals surface area contributed by atoms with Crippen molar-refractivity contribution in [3.63, 3.8) is 0 Å². The van der Waals surface area contributed by atoms with E-state index in [0.29, 0.717) is 6.54 Å². The minimum Gasteiger partial charge on any atom is -0.496 e. The molecule has 2 aromatic rings. The van der Waals surface area contributed by atoms with Gasteiger partial charge in [0.05, 0.1) is 11.6 Å². The Balaban J connectivity index is 1.85. The van der Waals surface area contributed by atoms with Gasteiger partial charge in [0.15, 0.2) is 0 Å². The van der Waals surface area contributed by atoms with E-state index in [-0.39, 0.29) is 6.04 Å². The van der Waals surface area contributed by atoms with Crippen LogP contribution >= 0.6 is 15.9 Å². The molecule has 1 unspecified atom stereocenters. The summed E-state index contributed by atoms with van der Waals surface area (Å²) in [6, 6.07) is 15.0. The maximum atomic E-state index is 6.05. The molecule has 1 aliphatic rings. The normalized spacial score (nSPS) is 15.8. The van der Waals surface area contributed by atoms with E-state index in [4.69, 9.17) is 10.5 Å². The first-order chi connectivity index (χ1) is 10.2. The van der Waals surface area contributed by atoms with E-state index in [0.717, 1.165) is 23.3 Å². The number of benzene rings is 2. The Morgan fingerprint density at radius 2 is 1.86 bits per heavy atom. The molecule has 0 radical (unpaired) electrons. The zero-order chi connectivity index (χ0) is 14.8. The second-order valence-electron chi connectivity index (χ2n) is 5.32. The topological polar surface area (TPSA) is 38.5 Å². The van der Waals surface area contributed by atoms with Crippen LogP contribution in [0.25, 0.3) is 0 Å². The van der Waals surface area contributed by atoms with Crippen LogP contribution < -0.4 is 10.5 Å². The summed E-state index contributed by atoms with van der Waals surface area (Å²) in [5, 5.41) is 0. The van der Waals surface area contributed by atoms with Gasteiger partial charge in [0.25, 0.3) is 0 Å². The lowest BCUT2D eigenvalue weighted by molar-refractivity contribution is 0.205. The molecule has 3 rings (SSSR count). The fourth-order valence-corrected chi connectivity index (χ4v) is 3.52. The minimum absolute atomic E-state index is 0.222. The van der Waals surface area contributed by atoms with Crippen LogP contribution in [0.5, 0.6) is 5.75 Å². The maximum absolute atomic E-state index is 6.05. The van der Waals surface area contributed by atoms with Crippen LogP contribution in [0.4, 0.5) is 0 Å². The maximum Gasteiger partial charge on any atom is 0.133 e. The molecule has 110 valence electrons. The molecule has 2 aromatic carbocycles. The van der Waals surface area contributed by atoms with E-state index in [1.807, 2.05) is 6.07 Å². The molecule has 0 saturated heterocycles. The quantitative estimate of drug-likeness (QED) is 0.920. The summed E-state index contributed by atoms with van der Waals surface area (Å²) in [7, 11) is 1.68. The molecule has 0 aromatic heterocycles. The van der Waals surface area contributed by atoms with Crippen LogP contribution in [0.2, 0.25) is 0 Å². The largest absolute Gasteiger partial charge is 0.496 e. The van der Waals surface area contributed by atoms with Crippen molar-refractivity contribution in [2.75, 3.05) is 13.7 Å². The number of fused-ring (bicyclic) bond motifs is 1. The molecular weight excluding hydrogens is 328 g/mol. The fourth-order valence-electron chi connectivity index (χ4n) is 2.97. The zero-order valence-electron chi connectivity index (χ0n) is 12.1. The second kappa shape index (κ2) is 6.18. The number of nitrogens with zero attached hydrogens (tertiary/aromatic N) is 1. The highest BCUT2D eigenvalue weighted by atomic mass is 79.9. The Kier molecular flexibility index (Phi) is 4.29. The molecule has 0 spiro atoms.